The van der Waals surface area contributed by atoms with E-state index in [1.165, 1.54) is 13.0 Å². The molecule has 0 bridgehead atoms. The smallest absolute Gasteiger partial charge is 0.444 e. The van der Waals surface area contributed by atoms with Crippen LogP contribution in [0.15, 0.2) is 18.2 Å². The van der Waals surface area contributed by atoms with Crippen LogP contribution in [0.1, 0.15) is 93.1 Å². The van der Waals surface area contributed by atoms with Gasteiger partial charge in [-0.05, 0) is 109 Å². The minimum absolute atomic E-state index is 0.200. The fourth-order valence-electron chi connectivity index (χ4n) is 8.23. The van der Waals surface area contributed by atoms with Gasteiger partial charge in [-0.1, -0.05) is 19.1 Å². The van der Waals surface area contributed by atoms with Crippen LogP contribution in [0.2, 0.25) is 0 Å². The van der Waals surface area contributed by atoms with Gasteiger partial charge in [-0.3, -0.25) is 9.69 Å². The molecule has 0 aromatic heterocycles. The Morgan fingerprint density at radius 3 is 2.19 bits per heavy atom. The maximum absolute atomic E-state index is 14.6. The molecule has 0 radical (unpaired) electrons. The molecular formula is C33H48BN3O5. The highest BCUT2D eigenvalue weighted by Crippen LogP contribution is 2.54. The van der Waals surface area contributed by atoms with Gasteiger partial charge in [-0.2, -0.15) is 0 Å². The van der Waals surface area contributed by atoms with Crippen LogP contribution >= 0.6 is 0 Å². The summed E-state index contributed by atoms with van der Waals surface area (Å²) in [6.45, 7) is 18.6. The Balaban J connectivity index is 1.16. The number of anilines is 1. The molecule has 8 nitrogen and oxygen atoms in total. The number of carbonyl (C=O) groups excluding carboxylic acids is 2. The number of hydrogen-bond acceptors (Lipinski definition) is 6. The highest BCUT2D eigenvalue weighted by Gasteiger charge is 2.59. The molecule has 7 rings (SSSR count). The quantitative estimate of drug-likeness (QED) is 0.494. The first-order valence-electron chi connectivity index (χ1n) is 16.2. The van der Waals surface area contributed by atoms with Gasteiger partial charge in [-0.15, -0.1) is 0 Å². The predicted octanol–water partition coefficient (Wildman–Crippen LogP) is 4.47. The van der Waals surface area contributed by atoms with E-state index < -0.39 is 29.3 Å². The lowest BCUT2D eigenvalue weighted by Crippen LogP contribution is -2.58. The fraction of sp³-hybridized carbons (Fsp3) is 0.758. The molecule has 2 saturated carbocycles. The van der Waals surface area contributed by atoms with Gasteiger partial charge in [0, 0.05) is 43.4 Å². The van der Waals surface area contributed by atoms with Crippen molar-refractivity contribution in [3.05, 3.63) is 23.8 Å². The first kappa shape index (κ1) is 28.7. The number of ether oxygens (including phenoxy) is 1. The maximum atomic E-state index is 14.6. The van der Waals surface area contributed by atoms with Crippen molar-refractivity contribution in [1.82, 2.24) is 9.80 Å². The zero-order valence-electron chi connectivity index (χ0n) is 26.7. The Kier molecular flexibility index (Phi) is 6.29. The van der Waals surface area contributed by atoms with Gasteiger partial charge in [0.25, 0.3) is 0 Å². The highest BCUT2D eigenvalue weighted by atomic mass is 16.7. The number of piperidine rings is 2. The fourth-order valence-corrected chi connectivity index (χ4v) is 8.23. The number of hydrogen-bond donors (Lipinski definition) is 0. The molecule has 1 aromatic carbocycles. The number of nitrogens with zero attached hydrogens (tertiary/aromatic N) is 3. The number of rotatable bonds is 3. The third-order valence-corrected chi connectivity index (χ3v) is 11.6. The van der Waals surface area contributed by atoms with E-state index >= 15 is 0 Å². The minimum atomic E-state index is -0.614. The lowest BCUT2D eigenvalue weighted by Gasteiger charge is -2.47. The predicted molar refractivity (Wildman–Crippen MR) is 163 cm³/mol. The zero-order valence-corrected chi connectivity index (χ0v) is 26.7. The average Bonchev–Trinajstić information content (AvgIpc) is 3.51. The summed E-state index contributed by atoms with van der Waals surface area (Å²) in [4.78, 5) is 34.1. The first-order chi connectivity index (χ1) is 19.6. The van der Waals surface area contributed by atoms with Crippen molar-refractivity contribution in [1.29, 1.82) is 0 Å². The van der Waals surface area contributed by atoms with Crippen LogP contribution in [0.3, 0.4) is 0 Å². The molecule has 3 atom stereocenters. The molecule has 0 N–H and O–H groups in total. The normalized spacial score (nSPS) is 34.4. The summed E-state index contributed by atoms with van der Waals surface area (Å²) in [5.74, 6) is 1.89. The molecule has 228 valence electrons. The Labute approximate surface area is 251 Å². The van der Waals surface area contributed by atoms with E-state index in [2.05, 4.69) is 62.6 Å². The van der Waals surface area contributed by atoms with Crippen LogP contribution < -0.4 is 10.4 Å². The average molecular weight is 578 g/mol. The number of benzene rings is 1. The van der Waals surface area contributed by atoms with Crippen molar-refractivity contribution in [2.45, 2.75) is 128 Å². The van der Waals surface area contributed by atoms with Crippen molar-refractivity contribution in [3.8, 4) is 0 Å². The molecule has 2 aliphatic carbocycles. The lowest BCUT2D eigenvalue weighted by atomic mass is 9.71. The molecule has 6 aliphatic rings. The van der Waals surface area contributed by atoms with Crippen LogP contribution in [0.5, 0.6) is 0 Å². The van der Waals surface area contributed by atoms with E-state index in [0.717, 1.165) is 47.4 Å². The first-order valence-corrected chi connectivity index (χ1v) is 16.2. The number of fused-ring (bicyclic) bond motifs is 3. The van der Waals surface area contributed by atoms with Crippen molar-refractivity contribution < 1.29 is 23.6 Å². The van der Waals surface area contributed by atoms with Crippen LogP contribution in [-0.4, -0.2) is 83.5 Å². The van der Waals surface area contributed by atoms with Crippen LogP contribution in [0.4, 0.5) is 10.5 Å². The number of likely N-dealkylation sites (tertiary alicyclic amines) is 2. The second kappa shape index (κ2) is 9.21. The van der Waals surface area contributed by atoms with Crippen LogP contribution in [0, 0.1) is 11.8 Å². The summed E-state index contributed by atoms with van der Waals surface area (Å²) in [6, 6.07) is 7.93. The third-order valence-electron chi connectivity index (χ3n) is 11.6. The summed E-state index contributed by atoms with van der Waals surface area (Å²) in [5.41, 5.74) is 1.04. The van der Waals surface area contributed by atoms with Gasteiger partial charge in [0.2, 0.25) is 5.91 Å². The molecule has 3 saturated heterocycles. The summed E-state index contributed by atoms with van der Waals surface area (Å²) in [5, 5.41) is 0. The van der Waals surface area contributed by atoms with Crippen molar-refractivity contribution >= 4 is 30.3 Å². The van der Waals surface area contributed by atoms with Gasteiger partial charge in [0.15, 0.2) is 0 Å². The molecular weight excluding hydrogens is 529 g/mol. The van der Waals surface area contributed by atoms with Crippen molar-refractivity contribution in [3.63, 3.8) is 0 Å². The number of carbonyl (C=O) groups is 2. The standard InChI is InChI=1S/C33H48BN3O5/c1-20-19-36(26-18-24(20)26)22-16-23(17-22)37-27-15-21(34-41-31(5,6)32(7,8)42-34)9-10-25(27)33(28(37)38)11-13-35(14-12-33)29(39)40-30(2,3)4/h9-10,15,20,22-24,26H,11-14,16-19H2,1-8H3/t20-,22-,23+,24?,26+/m0/s1. The molecule has 42 heavy (non-hydrogen) atoms. The van der Waals surface area contributed by atoms with Crippen LogP contribution in [-0.2, 0) is 24.3 Å². The second-order valence-electron chi connectivity index (χ2n) is 16.0. The van der Waals surface area contributed by atoms with Gasteiger partial charge in [-0.25, -0.2) is 4.79 Å². The SMILES string of the molecule is C[C@H]1CN([C@H]2C[C@@H](N3C(=O)C4(CCN(C(=O)OC(C)(C)C)CC4)c4ccc(B5OC(C)(C)C(C)(C)O5)cc43)C2)[C@@H]2CC21. The molecule has 4 aliphatic heterocycles. The van der Waals surface area contributed by atoms with Gasteiger partial charge >= 0.3 is 13.2 Å². The van der Waals surface area contributed by atoms with Gasteiger partial charge < -0.3 is 23.8 Å². The van der Waals surface area contributed by atoms with E-state index in [1.54, 1.807) is 4.90 Å². The van der Waals surface area contributed by atoms with E-state index in [1.807, 2.05) is 20.8 Å². The van der Waals surface area contributed by atoms with Crippen molar-refractivity contribution in [2.24, 2.45) is 11.8 Å². The lowest BCUT2D eigenvalue weighted by molar-refractivity contribution is -0.126. The number of amides is 2. The Morgan fingerprint density at radius 1 is 1.00 bits per heavy atom. The third kappa shape index (κ3) is 4.35. The van der Waals surface area contributed by atoms with E-state index in [4.69, 9.17) is 14.0 Å². The van der Waals surface area contributed by atoms with Gasteiger partial charge in [0.05, 0.1) is 16.6 Å². The van der Waals surface area contributed by atoms with E-state index in [-0.39, 0.29) is 18.0 Å². The molecule has 5 fully saturated rings. The summed E-state index contributed by atoms with van der Waals surface area (Å²) in [6.07, 6.45) is 4.32. The molecule has 9 heteroatoms. The highest BCUT2D eigenvalue weighted by molar-refractivity contribution is 6.62. The Bertz CT molecular complexity index is 1280. The molecule has 2 amide bonds. The summed E-state index contributed by atoms with van der Waals surface area (Å²) < 4.78 is 18.5. The topological polar surface area (TPSA) is 71.6 Å². The minimum Gasteiger partial charge on any atom is -0.444 e. The maximum Gasteiger partial charge on any atom is 0.494 e. The Morgan fingerprint density at radius 2 is 1.64 bits per heavy atom. The van der Waals surface area contributed by atoms with Crippen LogP contribution in [0.25, 0.3) is 0 Å². The largest absolute Gasteiger partial charge is 0.494 e. The van der Waals surface area contributed by atoms with Crippen molar-refractivity contribution in [2.75, 3.05) is 24.5 Å². The monoisotopic (exact) mass is 577 g/mol. The summed E-state index contributed by atoms with van der Waals surface area (Å²) in [7, 11) is -0.477. The van der Waals surface area contributed by atoms with E-state index in [0.29, 0.717) is 32.0 Å². The van der Waals surface area contributed by atoms with E-state index in [9.17, 15) is 9.59 Å². The molecule has 1 unspecified atom stereocenters. The second-order valence-corrected chi connectivity index (χ2v) is 16.0. The summed E-state index contributed by atoms with van der Waals surface area (Å²) >= 11 is 0. The van der Waals surface area contributed by atoms with Gasteiger partial charge in [0.1, 0.15) is 5.60 Å². The molecule has 1 spiro atoms. The Hall–Kier alpha value is -2.10. The molecule has 4 heterocycles. The zero-order chi connectivity index (χ0) is 30.0. The molecule has 1 aromatic rings.